The van der Waals surface area contributed by atoms with E-state index in [1.807, 2.05) is 18.2 Å². The zero-order valence-electron chi connectivity index (χ0n) is 4.33. The van der Waals surface area contributed by atoms with Gasteiger partial charge in [0.05, 0.1) is 0 Å². The van der Waals surface area contributed by atoms with Crippen LogP contribution in [-0.2, 0) is 0 Å². The molecule has 0 saturated carbocycles. The van der Waals surface area contributed by atoms with E-state index in [0.29, 0.717) is 0 Å². The van der Waals surface area contributed by atoms with E-state index in [-0.39, 0.29) is 0 Å². The van der Waals surface area contributed by atoms with Crippen LogP contribution in [0, 0.1) is 0 Å². The maximum absolute atomic E-state index is 3.65. The Morgan fingerprint density at radius 3 is 2.88 bits per heavy atom. The number of hydrogen-bond acceptors (Lipinski definition) is 2. The summed E-state index contributed by atoms with van der Waals surface area (Å²) in [6, 6.07) is 0. The van der Waals surface area contributed by atoms with Gasteiger partial charge in [-0.2, -0.15) is 0 Å². The zero-order chi connectivity index (χ0) is 5.82. The number of rotatable bonds is 1. The summed E-state index contributed by atoms with van der Waals surface area (Å²) in [5, 5.41) is 2.05. The lowest BCUT2D eigenvalue weighted by Gasteiger charge is -1.98. The molecule has 0 aliphatic carbocycles. The van der Waals surface area contributed by atoms with Gasteiger partial charge in [-0.25, -0.2) is 0 Å². The topological polar surface area (TPSA) is 0 Å². The van der Waals surface area contributed by atoms with Gasteiger partial charge in [-0.15, -0.1) is 0 Å². The van der Waals surface area contributed by atoms with Gasteiger partial charge in [0.1, 0.15) is 0 Å². The van der Waals surface area contributed by atoms with Gasteiger partial charge in [-0.1, -0.05) is 40.3 Å². The molecule has 0 unspecified atom stereocenters. The first-order valence-corrected chi connectivity index (χ1v) is 4.47. The molecule has 0 aromatic heterocycles. The van der Waals surface area contributed by atoms with E-state index in [4.69, 9.17) is 0 Å². The molecular formula is C6H6S2. The predicted octanol–water partition coefficient (Wildman–Crippen LogP) is 2.97. The van der Waals surface area contributed by atoms with Gasteiger partial charge in [0.25, 0.3) is 0 Å². The van der Waals surface area contributed by atoms with Crippen molar-refractivity contribution in [3.8, 4) is 0 Å². The molecule has 0 N–H and O–H groups in total. The van der Waals surface area contributed by atoms with E-state index in [2.05, 4.69) is 12.0 Å². The third-order valence-corrected chi connectivity index (χ3v) is 2.80. The highest BCUT2D eigenvalue weighted by molar-refractivity contribution is 8.79. The summed E-state index contributed by atoms with van der Waals surface area (Å²) >= 11 is 0. The molecule has 0 amide bonds. The van der Waals surface area contributed by atoms with Crippen molar-refractivity contribution in [2.45, 2.75) is 0 Å². The fraction of sp³-hybridized carbons (Fsp3) is 0. The third kappa shape index (κ3) is 1.46. The molecule has 0 fully saturated rings. The molecule has 0 aromatic rings. The summed E-state index contributed by atoms with van der Waals surface area (Å²) in [4.78, 5) is 1.23. The molecule has 1 aliphatic rings. The summed E-state index contributed by atoms with van der Waals surface area (Å²) in [5.41, 5.74) is 0. The molecule has 0 atom stereocenters. The number of hydrogen-bond donors (Lipinski definition) is 0. The van der Waals surface area contributed by atoms with Crippen molar-refractivity contribution in [2.75, 3.05) is 0 Å². The van der Waals surface area contributed by atoms with Crippen LogP contribution in [0.25, 0.3) is 0 Å². The summed E-state index contributed by atoms with van der Waals surface area (Å²) in [5.74, 6) is 0. The van der Waals surface area contributed by atoms with Gasteiger partial charge in [-0.3, -0.25) is 0 Å². The Kier molecular flexibility index (Phi) is 2.30. The molecule has 1 aliphatic heterocycles. The van der Waals surface area contributed by atoms with Crippen LogP contribution >= 0.6 is 21.6 Å². The van der Waals surface area contributed by atoms with Gasteiger partial charge in [0.15, 0.2) is 0 Å². The zero-order valence-corrected chi connectivity index (χ0v) is 5.97. The Morgan fingerprint density at radius 2 is 2.50 bits per heavy atom. The second kappa shape index (κ2) is 3.05. The van der Waals surface area contributed by atoms with Crippen LogP contribution in [0.15, 0.2) is 35.1 Å². The Morgan fingerprint density at radius 1 is 1.62 bits per heavy atom. The van der Waals surface area contributed by atoms with Crippen molar-refractivity contribution in [1.29, 1.82) is 0 Å². The smallest absolute Gasteiger partial charge is 0.0180 e. The highest BCUT2D eigenvalue weighted by Gasteiger charge is 1.92. The van der Waals surface area contributed by atoms with Crippen molar-refractivity contribution in [2.24, 2.45) is 0 Å². The van der Waals surface area contributed by atoms with Gasteiger partial charge < -0.3 is 0 Å². The van der Waals surface area contributed by atoms with E-state index in [1.165, 1.54) is 4.91 Å². The minimum absolute atomic E-state index is 1.23. The van der Waals surface area contributed by atoms with Crippen LogP contribution in [0.3, 0.4) is 0 Å². The molecule has 1 heterocycles. The SMILES string of the molecule is C=CC1=CC=CSS1. The lowest BCUT2D eigenvalue weighted by atomic mass is 10.5. The minimum atomic E-state index is 1.23. The normalized spacial score (nSPS) is 17.8. The lowest BCUT2D eigenvalue weighted by molar-refractivity contribution is 1.91. The van der Waals surface area contributed by atoms with Crippen molar-refractivity contribution in [3.63, 3.8) is 0 Å². The van der Waals surface area contributed by atoms with E-state index in [9.17, 15) is 0 Å². The predicted molar refractivity (Wildman–Crippen MR) is 42.6 cm³/mol. The van der Waals surface area contributed by atoms with Crippen LogP contribution in [0.2, 0.25) is 0 Å². The van der Waals surface area contributed by atoms with Crippen molar-refractivity contribution < 1.29 is 0 Å². The fourth-order valence-electron chi connectivity index (χ4n) is 0.379. The molecule has 1 rings (SSSR count). The molecule has 0 nitrogen and oxygen atoms in total. The molecule has 0 spiro atoms. The molecular weight excluding hydrogens is 136 g/mol. The van der Waals surface area contributed by atoms with Crippen LogP contribution in [0.4, 0.5) is 0 Å². The fourth-order valence-corrected chi connectivity index (χ4v) is 1.95. The van der Waals surface area contributed by atoms with Crippen molar-refractivity contribution in [1.82, 2.24) is 0 Å². The van der Waals surface area contributed by atoms with Crippen LogP contribution in [0.1, 0.15) is 0 Å². The van der Waals surface area contributed by atoms with Gasteiger partial charge in [-0.05, 0) is 11.5 Å². The molecule has 2 heteroatoms. The maximum Gasteiger partial charge on any atom is 0.0180 e. The first kappa shape index (κ1) is 6.05. The summed E-state index contributed by atoms with van der Waals surface area (Å²) in [6.07, 6.45) is 5.94. The summed E-state index contributed by atoms with van der Waals surface area (Å²) in [6.45, 7) is 3.65. The molecule has 42 valence electrons. The Bertz CT molecular complexity index is 145. The van der Waals surface area contributed by atoms with E-state index >= 15 is 0 Å². The molecule has 0 saturated heterocycles. The first-order valence-electron chi connectivity index (χ1n) is 2.26. The Balaban J connectivity index is 2.63. The average Bonchev–Trinajstić information content (AvgIpc) is 1.90. The largest absolute Gasteiger partial charge is 0.0979 e. The van der Waals surface area contributed by atoms with Crippen LogP contribution in [-0.4, -0.2) is 0 Å². The highest BCUT2D eigenvalue weighted by Crippen LogP contribution is 2.34. The quantitative estimate of drug-likeness (QED) is 0.516. The first-order chi connectivity index (χ1) is 3.93. The van der Waals surface area contributed by atoms with Gasteiger partial charge in [0, 0.05) is 4.91 Å². The average molecular weight is 142 g/mol. The van der Waals surface area contributed by atoms with Gasteiger partial charge in [0.2, 0.25) is 0 Å². The molecule has 0 aromatic carbocycles. The van der Waals surface area contributed by atoms with E-state index in [1.54, 1.807) is 21.6 Å². The molecule has 0 radical (unpaired) electrons. The molecule has 8 heavy (non-hydrogen) atoms. The Labute approximate surface area is 57.1 Å². The second-order valence-electron chi connectivity index (χ2n) is 1.28. The maximum atomic E-state index is 3.65. The Hall–Kier alpha value is -0.0800. The van der Waals surface area contributed by atoms with Crippen LogP contribution < -0.4 is 0 Å². The standard InChI is InChI=1S/C6H6S2/c1-2-6-4-3-5-7-8-6/h2-5H,1H2. The summed E-state index contributed by atoms with van der Waals surface area (Å²) < 4.78 is 0. The summed E-state index contributed by atoms with van der Waals surface area (Å²) in [7, 11) is 3.46. The van der Waals surface area contributed by atoms with Crippen LogP contribution in [0.5, 0.6) is 0 Å². The van der Waals surface area contributed by atoms with Gasteiger partial charge >= 0.3 is 0 Å². The monoisotopic (exact) mass is 142 g/mol. The molecule has 0 bridgehead atoms. The van der Waals surface area contributed by atoms with Crippen molar-refractivity contribution in [3.05, 3.63) is 35.1 Å². The van der Waals surface area contributed by atoms with Crippen molar-refractivity contribution >= 4 is 21.6 Å². The minimum Gasteiger partial charge on any atom is -0.0979 e. The second-order valence-corrected chi connectivity index (χ2v) is 3.46. The lowest BCUT2D eigenvalue weighted by Crippen LogP contribution is -1.66. The number of allylic oxidation sites excluding steroid dienone is 3. The van der Waals surface area contributed by atoms with E-state index < -0.39 is 0 Å². The third-order valence-electron chi connectivity index (χ3n) is 0.740. The highest BCUT2D eigenvalue weighted by atomic mass is 33.1. The van der Waals surface area contributed by atoms with E-state index in [0.717, 1.165) is 0 Å².